The van der Waals surface area contributed by atoms with Crippen LogP contribution in [-0.4, -0.2) is 28.2 Å². The lowest BCUT2D eigenvalue weighted by Crippen LogP contribution is -2.15. The van der Waals surface area contributed by atoms with Gasteiger partial charge in [0, 0.05) is 34.1 Å². The Kier molecular flexibility index (Phi) is 5.14. The second kappa shape index (κ2) is 7.89. The predicted octanol–water partition coefficient (Wildman–Crippen LogP) is 4.46. The van der Waals surface area contributed by atoms with E-state index in [1.165, 1.54) is 18.3 Å². The first kappa shape index (κ1) is 18.9. The third-order valence-corrected chi connectivity index (χ3v) is 5.45. The molecule has 2 aromatic heterocycles. The lowest BCUT2D eigenvalue weighted by molar-refractivity contribution is -0.115. The van der Waals surface area contributed by atoms with Gasteiger partial charge in [0.25, 0.3) is 0 Å². The molecular formula is C22H19N3O3S. The summed E-state index contributed by atoms with van der Waals surface area (Å²) in [6, 6.07) is 14.6. The summed E-state index contributed by atoms with van der Waals surface area (Å²) < 4.78 is 7.22. The average Bonchev–Trinajstić information content (AvgIpc) is 3.30. The highest BCUT2D eigenvalue weighted by molar-refractivity contribution is 7.15. The number of fused-ring (bicyclic) bond motifs is 1. The largest absolute Gasteiger partial charge is 0.497 e. The number of imidazole rings is 1. The van der Waals surface area contributed by atoms with E-state index < -0.39 is 0 Å². The topological polar surface area (TPSA) is 72.7 Å². The van der Waals surface area contributed by atoms with Crippen LogP contribution >= 0.6 is 11.3 Å². The van der Waals surface area contributed by atoms with Crippen molar-refractivity contribution >= 4 is 33.7 Å². The number of anilines is 1. The molecular weight excluding hydrogens is 386 g/mol. The lowest BCUT2D eigenvalue weighted by atomic mass is 10.1. The first-order valence-corrected chi connectivity index (χ1v) is 9.92. The van der Waals surface area contributed by atoms with Gasteiger partial charge in [0.1, 0.15) is 5.75 Å². The van der Waals surface area contributed by atoms with Crippen LogP contribution in [0.25, 0.3) is 16.2 Å². The number of aromatic nitrogens is 2. The highest BCUT2D eigenvalue weighted by atomic mass is 32.1. The standard InChI is InChI=1S/C22H19N3O3S/c1-14(26)15-6-8-17(9-7-15)23-21(27)11-18-13-29-22-24-20(12-25(18)22)16-4-3-5-19(10-16)28-2/h3-10,12-13H,11H2,1-2H3,(H,23,27). The summed E-state index contributed by atoms with van der Waals surface area (Å²) >= 11 is 1.50. The number of methoxy groups -OCH3 is 1. The Balaban J connectivity index is 1.51. The number of carbonyl (C=O) groups excluding carboxylic acids is 2. The van der Waals surface area contributed by atoms with Crippen molar-refractivity contribution in [1.29, 1.82) is 0 Å². The van der Waals surface area contributed by atoms with E-state index in [4.69, 9.17) is 4.74 Å². The van der Waals surface area contributed by atoms with E-state index in [0.717, 1.165) is 27.7 Å². The molecule has 146 valence electrons. The van der Waals surface area contributed by atoms with Crippen molar-refractivity contribution in [2.24, 2.45) is 0 Å². The minimum atomic E-state index is -0.128. The Morgan fingerprint density at radius 2 is 1.97 bits per heavy atom. The smallest absolute Gasteiger partial charge is 0.230 e. The molecule has 0 unspecified atom stereocenters. The van der Waals surface area contributed by atoms with E-state index in [2.05, 4.69) is 10.3 Å². The van der Waals surface area contributed by atoms with Crippen molar-refractivity contribution in [1.82, 2.24) is 9.38 Å². The van der Waals surface area contributed by atoms with E-state index >= 15 is 0 Å². The van der Waals surface area contributed by atoms with Crippen LogP contribution in [0.5, 0.6) is 5.75 Å². The molecule has 0 atom stereocenters. The fourth-order valence-electron chi connectivity index (χ4n) is 3.04. The molecule has 4 rings (SSSR count). The fourth-order valence-corrected chi connectivity index (χ4v) is 3.91. The third-order valence-electron chi connectivity index (χ3n) is 4.57. The van der Waals surface area contributed by atoms with Gasteiger partial charge in [-0.25, -0.2) is 4.98 Å². The summed E-state index contributed by atoms with van der Waals surface area (Å²) in [4.78, 5) is 29.3. The van der Waals surface area contributed by atoms with Crippen molar-refractivity contribution in [3.8, 4) is 17.0 Å². The van der Waals surface area contributed by atoms with Crippen molar-refractivity contribution in [2.75, 3.05) is 12.4 Å². The Bertz CT molecular complexity index is 1190. The second-order valence-corrected chi connectivity index (χ2v) is 7.43. The Morgan fingerprint density at radius 1 is 1.17 bits per heavy atom. The minimum absolute atomic E-state index is 0.00418. The second-order valence-electron chi connectivity index (χ2n) is 6.60. The maximum Gasteiger partial charge on any atom is 0.230 e. The van der Waals surface area contributed by atoms with E-state index in [-0.39, 0.29) is 18.1 Å². The van der Waals surface area contributed by atoms with Gasteiger partial charge >= 0.3 is 0 Å². The molecule has 0 aliphatic rings. The average molecular weight is 405 g/mol. The number of amides is 1. The molecule has 29 heavy (non-hydrogen) atoms. The summed E-state index contributed by atoms with van der Waals surface area (Å²) in [6.45, 7) is 1.51. The van der Waals surface area contributed by atoms with Crippen LogP contribution in [0.3, 0.4) is 0 Å². The van der Waals surface area contributed by atoms with Gasteiger partial charge in [-0.3, -0.25) is 14.0 Å². The molecule has 6 nitrogen and oxygen atoms in total. The van der Waals surface area contributed by atoms with Gasteiger partial charge in [-0.2, -0.15) is 0 Å². The predicted molar refractivity (Wildman–Crippen MR) is 114 cm³/mol. The third kappa shape index (κ3) is 4.05. The summed E-state index contributed by atoms with van der Waals surface area (Å²) in [5.74, 6) is 0.640. The maximum absolute atomic E-state index is 12.5. The maximum atomic E-state index is 12.5. The van der Waals surface area contributed by atoms with Gasteiger partial charge in [0.2, 0.25) is 5.91 Å². The summed E-state index contributed by atoms with van der Waals surface area (Å²) in [5, 5.41) is 4.81. The van der Waals surface area contributed by atoms with Crippen LogP contribution in [-0.2, 0) is 11.2 Å². The van der Waals surface area contributed by atoms with Crippen molar-refractivity contribution in [3.63, 3.8) is 0 Å². The fraction of sp³-hybridized carbons (Fsp3) is 0.136. The number of nitrogens with zero attached hydrogens (tertiary/aromatic N) is 2. The van der Waals surface area contributed by atoms with Crippen molar-refractivity contribution in [3.05, 3.63) is 71.4 Å². The molecule has 2 aromatic carbocycles. The van der Waals surface area contributed by atoms with Crippen LogP contribution in [0.2, 0.25) is 0 Å². The number of ketones is 1. The molecule has 0 fully saturated rings. The van der Waals surface area contributed by atoms with Crippen molar-refractivity contribution < 1.29 is 14.3 Å². The molecule has 2 heterocycles. The molecule has 0 spiro atoms. The number of benzene rings is 2. The number of rotatable bonds is 6. The van der Waals surface area contributed by atoms with Gasteiger partial charge in [0.05, 0.1) is 19.2 Å². The van der Waals surface area contributed by atoms with Gasteiger partial charge in [-0.05, 0) is 43.3 Å². The highest BCUT2D eigenvalue weighted by Crippen LogP contribution is 2.26. The molecule has 0 aliphatic heterocycles. The monoisotopic (exact) mass is 405 g/mol. The SMILES string of the molecule is COc1cccc(-c2cn3c(CC(=O)Nc4ccc(C(C)=O)cc4)csc3n2)c1. The zero-order chi connectivity index (χ0) is 20.4. The van der Waals surface area contributed by atoms with Crippen LogP contribution in [0, 0.1) is 0 Å². The van der Waals surface area contributed by atoms with E-state index in [9.17, 15) is 9.59 Å². The first-order valence-electron chi connectivity index (χ1n) is 9.04. The number of hydrogen-bond donors (Lipinski definition) is 1. The molecule has 0 bridgehead atoms. The lowest BCUT2D eigenvalue weighted by Gasteiger charge is -2.05. The number of carbonyl (C=O) groups is 2. The van der Waals surface area contributed by atoms with Crippen LogP contribution in [0.15, 0.2) is 60.1 Å². The Labute approximate surface area is 171 Å². The summed E-state index contributed by atoms with van der Waals surface area (Å²) in [5.41, 5.74) is 3.93. The zero-order valence-corrected chi connectivity index (χ0v) is 16.8. The summed E-state index contributed by atoms with van der Waals surface area (Å²) in [6.07, 6.45) is 2.16. The number of hydrogen-bond acceptors (Lipinski definition) is 5. The minimum Gasteiger partial charge on any atom is -0.497 e. The molecule has 4 aromatic rings. The van der Waals surface area contributed by atoms with Gasteiger partial charge < -0.3 is 10.1 Å². The van der Waals surface area contributed by atoms with Crippen LogP contribution in [0.4, 0.5) is 5.69 Å². The van der Waals surface area contributed by atoms with E-state index in [1.54, 1.807) is 31.4 Å². The molecule has 0 aliphatic carbocycles. The highest BCUT2D eigenvalue weighted by Gasteiger charge is 2.13. The van der Waals surface area contributed by atoms with Gasteiger partial charge in [0.15, 0.2) is 10.7 Å². The molecule has 0 saturated heterocycles. The molecule has 0 radical (unpaired) electrons. The van der Waals surface area contributed by atoms with Crippen molar-refractivity contribution in [2.45, 2.75) is 13.3 Å². The van der Waals surface area contributed by atoms with E-state index in [1.807, 2.05) is 40.2 Å². The van der Waals surface area contributed by atoms with Gasteiger partial charge in [-0.1, -0.05) is 12.1 Å². The quantitative estimate of drug-likeness (QED) is 0.481. The van der Waals surface area contributed by atoms with Crippen LogP contribution < -0.4 is 10.1 Å². The first-order chi connectivity index (χ1) is 14.0. The van der Waals surface area contributed by atoms with Crippen LogP contribution in [0.1, 0.15) is 23.0 Å². The Hall–Kier alpha value is -3.45. The summed E-state index contributed by atoms with van der Waals surface area (Å²) in [7, 11) is 1.63. The molecule has 1 amide bonds. The number of ether oxygens (including phenoxy) is 1. The molecule has 1 N–H and O–H groups in total. The normalized spacial score (nSPS) is 10.8. The van der Waals surface area contributed by atoms with E-state index in [0.29, 0.717) is 11.3 Å². The number of thiazole rings is 1. The Morgan fingerprint density at radius 3 is 2.69 bits per heavy atom. The molecule has 0 saturated carbocycles. The molecule has 7 heteroatoms. The number of nitrogens with one attached hydrogen (secondary N) is 1. The van der Waals surface area contributed by atoms with Gasteiger partial charge in [-0.15, -0.1) is 11.3 Å². The number of Topliss-reactive ketones (excluding diaryl/α,β-unsaturated/α-hetero) is 1. The zero-order valence-electron chi connectivity index (χ0n) is 16.0.